The van der Waals surface area contributed by atoms with Crippen molar-refractivity contribution in [2.75, 3.05) is 19.8 Å². The first-order valence-electron chi connectivity index (χ1n) is 10.2. The molecule has 7 nitrogen and oxygen atoms in total. The molecule has 0 aliphatic carbocycles. The molecule has 2 aliphatic heterocycles. The highest BCUT2D eigenvalue weighted by Crippen LogP contribution is 2.37. The van der Waals surface area contributed by atoms with Gasteiger partial charge < -0.3 is 15.0 Å². The van der Waals surface area contributed by atoms with Crippen molar-refractivity contribution in [3.8, 4) is 0 Å². The highest BCUT2D eigenvalue weighted by atomic mass is 16.5. The molecule has 0 saturated carbocycles. The van der Waals surface area contributed by atoms with Gasteiger partial charge in [-0.05, 0) is 44.4 Å². The average molecular weight is 396 g/mol. The number of fused-ring (bicyclic) bond motifs is 1. The van der Waals surface area contributed by atoms with E-state index in [1.54, 1.807) is 0 Å². The van der Waals surface area contributed by atoms with Crippen LogP contribution in [-0.2, 0) is 22.6 Å². The van der Waals surface area contributed by atoms with E-state index in [4.69, 9.17) is 4.74 Å². The molecule has 0 atom stereocenters. The summed E-state index contributed by atoms with van der Waals surface area (Å²) >= 11 is 0. The third-order valence-corrected chi connectivity index (χ3v) is 6.06. The minimum absolute atomic E-state index is 0.0259. The Morgan fingerprint density at radius 2 is 2.00 bits per heavy atom. The van der Waals surface area contributed by atoms with Gasteiger partial charge in [-0.1, -0.05) is 18.2 Å². The summed E-state index contributed by atoms with van der Waals surface area (Å²) in [5.74, 6) is -0.00451. The van der Waals surface area contributed by atoms with E-state index in [0.717, 1.165) is 22.5 Å². The van der Waals surface area contributed by atoms with Gasteiger partial charge in [0, 0.05) is 37.6 Å². The molecular formula is C22H28N4O3. The molecule has 2 aliphatic rings. The minimum Gasteiger partial charge on any atom is -0.381 e. The molecule has 2 amide bonds. The quantitative estimate of drug-likeness (QED) is 0.812. The van der Waals surface area contributed by atoms with E-state index in [-0.39, 0.29) is 11.8 Å². The van der Waals surface area contributed by atoms with Crippen LogP contribution in [0.25, 0.3) is 0 Å². The zero-order valence-electron chi connectivity index (χ0n) is 17.1. The molecule has 4 rings (SSSR count). The maximum atomic E-state index is 13.1. The Balaban J connectivity index is 1.43. The maximum Gasteiger partial charge on any atom is 0.254 e. The van der Waals surface area contributed by atoms with Crippen LogP contribution in [-0.4, -0.2) is 51.8 Å². The number of nitrogens with one attached hydrogen (secondary N) is 1. The van der Waals surface area contributed by atoms with Crippen LogP contribution in [0.2, 0.25) is 0 Å². The van der Waals surface area contributed by atoms with Crippen molar-refractivity contribution in [3.63, 3.8) is 0 Å². The predicted octanol–water partition coefficient (Wildman–Crippen LogP) is 2.21. The minimum atomic E-state index is -0.489. The number of ether oxygens (including phenoxy) is 1. The monoisotopic (exact) mass is 396 g/mol. The van der Waals surface area contributed by atoms with Crippen molar-refractivity contribution in [1.82, 2.24) is 20.0 Å². The van der Waals surface area contributed by atoms with Crippen molar-refractivity contribution in [3.05, 3.63) is 52.8 Å². The van der Waals surface area contributed by atoms with Gasteiger partial charge in [-0.2, -0.15) is 5.10 Å². The topological polar surface area (TPSA) is 76.5 Å². The average Bonchev–Trinajstić information content (AvgIpc) is 3.22. The molecule has 1 fully saturated rings. The van der Waals surface area contributed by atoms with Gasteiger partial charge in [0.25, 0.3) is 5.91 Å². The van der Waals surface area contributed by atoms with Gasteiger partial charge in [0.1, 0.15) is 0 Å². The van der Waals surface area contributed by atoms with Crippen molar-refractivity contribution < 1.29 is 14.3 Å². The number of hydrogen-bond acceptors (Lipinski definition) is 4. The summed E-state index contributed by atoms with van der Waals surface area (Å²) in [4.78, 5) is 27.8. The second kappa shape index (κ2) is 7.99. The Labute approximate surface area is 171 Å². The first-order chi connectivity index (χ1) is 14.0. The highest BCUT2D eigenvalue weighted by molar-refractivity contribution is 5.99. The maximum absolute atomic E-state index is 13.1. The van der Waals surface area contributed by atoms with Gasteiger partial charge in [0.2, 0.25) is 5.91 Å². The Morgan fingerprint density at radius 3 is 2.69 bits per heavy atom. The van der Waals surface area contributed by atoms with Crippen molar-refractivity contribution in [1.29, 1.82) is 0 Å². The summed E-state index contributed by atoms with van der Waals surface area (Å²) in [6.07, 6.45) is 1.66. The number of amides is 2. The molecule has 154 valence electrons. The van der Waals surface area contributed by atoms with Crippen LogP contribution < -0.4 is 5.32 Å². The number of aryl methyl sites for hydroxylation is 2. The molecule has 2 aromatic rings. The van der Waals surface area contributed by atoms with Crippen LogP contribution in [0, 0.1) is 13.8 Å². The molecule has 29 heavy (non-hydrogen) atoms. The molecule has 0 radical (unpaired) electrons. The fourth-order valence-corrected chi connectivity index (χ4v) is 4.49. The lowest BCUT2D eigenvalue weighted by atomic mass is 9.84. The molecule has 0 bridgehead atoms. The van der Waals surface area contributed by atoms with Gasteiger partial charge >= 0.3 is 0 Å². The summed E-state index contributed by atoms with van der Waals surface area (Å²) < 4.78 is 7.45. The van der Waals surface area contributed by atoms with E-state index in [1.807, 2.05) is 53.8 Å². The number of carbonyl (C=O) groups excluding carboxylic acids is 2. The van der Waals surface area contributed by atoms with Crippen LogP contribution in [0.15, 0.2) is 30.3 Å². The van der Waals surface area contributed by atoms with E-state index in [1.165, 1.54) is 0 Å². The number of nitrogens with zero attached hydrogens (tertiary/aromatic N) is 3. The Bertz CT molecular complexity index is 915. The summed E-state index contributed by atoms with van der Waals surface area (Å²) in [5.41, 5.74) is 3.35. The Morgan fingerprint density at radius 1 is 1.24 bits per heavy atom. The summed E-state index contributed by atoms with van der Waals surface area (Å²) in [5, 5.41) is 7.45. The molecule has 1 saturated heterocycles. The van der Waals surface area contributed by atoms with Gasteiger partial charge in [-0.3, -0.25) is 14.3 Å². The van der Waals surface area contributed by atoms with E-state index in [0.29, 0.717) is 52.1 Å². The molecule has 1 N–H and O–H groups in total. The van der Waals surface area contributed by atoms with Crippen molar-refractivity contribution in [2.24, 2.45) is 0 Å². The zero-order chi connectivity index (χ0) is 20.4. The van der Waals surface area contributed by atoms with E-state index < -0.39 is 5.54 Å². The molecule has 1 aromatic heterocycles. The second-order valence-electron chi connectivity index (χ2n) is 8.06. The summed E-state index contributed by atoms with van der Waals surface area (Å²) in [6.45, 7) is 6.82. The third-order valence-electron chi connectivity index (χ3n) is 6.06. The number of carbonyl (C=O) groups is 2. The van der Waals surface area contributed by atoms with Crippen molar-refractivity contribution in [2.45, 2.75) is 51.7 Å². The van der Waals surface area contributed by atoms with Crippen LogP contribution in [0.1, 0.15) is 46.6 Å². The smallest absolute Gasteiger partial charge is 0.254 e. The molecule has 0 spiro atoms. The number of rotatable bonds is 6. The van der Waals surface area contributed by atoms with E-state index in [2.05, 4.69) is 10.4 Å². The van der Waals surface area contributed by atoms with Gasteiger partial charge in [0.15, 0.2) is 0 Å². The standard InChI is InChI=1S/C22H28N4O3/c1-16-13-17(2)26(24-16)10-9-23-20(27)14-22(7-11-29-12-8-22)25-15-18-5-3-4-6-19(18)21(25)28/h3-6,13H,7-12,14-15H2,1-2H3,(H,23,27). The molecule has 1 aromatic carbocycles. The normalized spacial score (nSPS) is 18.0. The SMILES string of the molecule is Cc1cc(C)n(CCNC(=O)CC2(N3Cc4ccccc4C3=O)CCOCC2)n1. The summed E-state index contributed by atoms with van der Waals surface area (Å²) in [6, 6.07) is 9.74. The Kier molecular flexibility index (Phi) is 5.41. The van der Waals surface area contributed by atoms with E-state index in [9.17, 15) is 9.59 Å². The number of aromatic nitrogens is 2. The lowest BCUT2D eigenvalue weighted by molar-refractivity contribution is -0.125. The van der Waals surface area contributed by atoms with Crippen LogP contribution >= 0.6 is 0 Å². The van der Waals surface area contributed by atoms with Crippen LogP contribution in [0.5, 0.6) is 0 Å². The number of benzene rings is 1. The predicted molar refractivity (Wildman–Crippen MR) is 108 cm³/mol. The lowest BCUT2D eigenvalue weighted by Gasteiger charge is -2.44. The fourth-order valence-electron chi connectivity index (χ4n) is 4.49. The summed E-state index contributed by atoms with van der Waals surface area (Å²) in [7, 11) is 0. The lowest BCUT2D eigenvalue weighted by Crippen LogP contribution is -2.54. The highest BCUT2D eigenvalue weighted by Gasteiger charge is 2.45. The van der Waals surface area contributed by atoms with Crippen LogP contribution in [0.3, 0.4) is 0 Å². The fraction of sp³-hybridized carbons (Fsp3) is 0.500. The number of hydrogen-bond donors (Lipinski definition) is 1. The van der Waals surface area contributed by atoms with Gasteiger partial charge in [-0.15, -0.1) is 0 Å². The molecule has 0 unspecified atom stereocenters. The molecule has 3 heterocycles. The Hall–Kier alpha value is -2.67. The molecule has 7 heteroatoms. The van der Waals surface area contributed by atoms with Crippen LogP contribution in [0.4, 0.5) is 0 Å². The van der Waals surface area contributed by atoms with Gasteiger partial charge in [-0.25, -0.2) is 0 Å². The largest absolute Gasteiger partial charge is 0.381 e. The van der Waals surface area contributed by atoms with Crippen molar-refractivity contribution >= 4 is 11.8 Å². The zero-order valence-corrected chi connectivity index (χ0v) is 17.1. The first-order valence-corrected chi connectivity index (χ1v) is 10.2. The molecular weight excluding hydrogens is 368 g/mol. The van der Waals surface area contributed by atoms with E-state index >= 15 is 0 Å². The first kappa shape index (κ1) is 19.6. The third kappa shape index (κ3) is 3.92. The van der Waals surface area contributed by atoms with Gasteiger partial charge in [0.05, 0.1) is 24.2 Å². The second-order valence-corrected chi connectivity index (χ2v) is 8.06.